The minimum Gasteiger partial charge on any atom is -0.357 e. The molecular formula is C43H34N2. The first kappa shape index (κ1) is 26.1. The van der Waals surface area contributed by atoms with Gasteiger partial charge in [0, 0.05) is 33.6 Å². The quantitative estimate of drug-likeness (QED) is 0.209. The van der Waals surface area contributed by atoms with Gasteiger partial charge < -0.3 is 10.3 Å². The van der Waals surface area contributed by atoms with Crippen molar-refractivity contribution in [1.82, 2.24) is 4.98 Å². The first-order valence-electron chi connectivity index (χ1n) is 16.2. The molecule has 1 heterocycles. The van der Waals surface area contributed by atoms with E-state index in [1.807, 2.05) is 0 Å². The number of nitrogens with one attached hydrogen (secondary N) is 2. The van der Waals surface area contributed by atoms with E-state index < -0.39 is 0 Å². The van der Waals surface area contributed by atoms with Gasteiger partial charge in [0.05, 0.1) is 5.52 Å². The SMILES string of the molecule is C1=CCCC(c2ccc(Nc3ccc4c(c3)Cc3cc(-c5ccc6c7c([nH]c6c5-c5ccccc5)CCC=C7)ccc3-4)cc2)=C1. The average molecular weight is 579 g/mol. The van der Waals surface area contributed by atoms with Crippen LogP contribution in [0.2, 0.25) is 0 Å². The Hall–Kier alpha value is -5.34. The number of anilines is 2. The van der Waals surface area contributed by atoms with Gasteiger partial charge in [0.15, 0.2) is 0 Å². The summed E-state index contributed by atoms with van der Waals surface area (Å²) >= 11 is 0. The smallest absolute Gasteiger partial charge is 0.0548 e. The van der Waals surface area contributed by atoms with Gasteiger partial charge in [-0.1, -0.05) is 109 Å². The molecule has 0 aliphatic heterocycles. The van der Waals surface area contributed by atoms with Crippen molar-refractivity contribution in [1.29, 1.82) is 0 Å². The van der Waals surface area contributed by atoms with E-state index in [9.17, 15) is 0 Å². The van der Waals surface area contributed by atoms with E-state index in [4.69, 9.17) is 0 Å². The molecule has 2 heteroatoms. The molecule has 0 spiro atoms. The number of hydrogen-bond acceptors (Lipinski definition) is 1. The van der Waals surface area contributed by atoms with E-state index in [0.717, 1.165) is 43.5 Å². The Morgan fingerprint density at radius 2 is 1.36 bits per heavy atom. The highest BCUT2D eigenvalue weighted by atomic mass is 14.9. The number of allylic oxidation sites excluding steroid dienone is 5. The van der Waals surface area contributed by atoms with Crippen molar-refractivity contribution in [3.8, 4) is 33.4 Å². The van der Waals surface area contributed by atoms with Crippen LogP contribution in [0.25, 0.3) is 55.9 Å². The molecule has 3 aliphatic rings. The van der Waals surface area contributed by atoms with Gasteiger partial charge in [0.25, 0.3) is 0 Å². The standard InChI is InChI=1S/C43H34N2/c1-3-9-28(10-4-1)29-15-18-34(19-16-29)44-35-20-22-37-33(27-35)26-32-25-31(17-21-36(32)37)38-23-24-40-39-13-7-8-14-41(39)45-43(40)42(38)30-11-5-2-6-12-30/h1-3,5-7,9,11-13,15-25,27,44-45H,4,8,10,14,26H2. The lowest BCUT2D eigenvalue weighted by atomic mass is 9.90. The molecule has 2 nitrogen and oxygen atoms in total. The monoisotopic (exact) mass is 578 g/mol. The zero-order valence-corrected chi connectivity index (χ0v) is 25.2. The summed E-state index contributed by atoms with van der Waals surface area (Å²) in [6.45, 7) is 0. The Kier molecular flexibility index (Phi) is 6.19. The molecule has 0 unspecified atom stereocenters. The summed E-state index contributed by atoms with van der Waals surface area (Å²) in [5.74, 6) is 0. The Morgan fingerprint density at radius 1 is 0.600 bits per heavy atom. The number of rotatable bonds is 5. The number of benzene rings is 5. The molecule has 0 bridgehead atoms. The van der Waals surface area contributed by atoms with Gasteiger partial charge in [-0.2, -0.15) is 0 Å². The molecule has 6 aromatic rings. The largest absolute Gasteiger partial charge is 0.357 e. The third-order valence-corrected chi connectivity index (χ3v) is 9.76. The summed E-state index contributed by atoms with van der Waals surface area (Å²) in [6.07, 6.45) is 16.6. The number of hydrogen-bond donors (Lipinski definition) is 2. The number of fused-ring (bicyclic) bond motifs is 6. The Labute approximate surface area is 264 Å². The predicted octanol–water partition coefficient (Wildman–Crippen LogP) is 11.5. The van der Waals surface area contributed by atoms with E-state index in [2.05, 4.69) is 144 Å². The second-order valence-electron chi connectivity index (χ2n) is 12.5. The predicted molar refractivity (Wildman–Crippen MR) is 191 cm³/mol. The third-order valence-electron chi connectivity index (χ3n) is 9.76. The molecule has 0 saturated carbocycles. The van der Waals surface area contributed by atoms with E-state index in [1.165, 1.54) is 77.8 Å². The summed E-state index contributed by atoms with van der Waals surface area (Å²) in [6, 6.07) is 38.3. The minimum absolute atomic E-state index is 0.944. The van der Waals surface area contributed by atoms with Crippen LogP contribution in [-0.4, -0.2) is 4.98 Å². The van der Waals surface area contributed by atoms with Crippen LogP contribution in [0.4, 0.5) is 11.4 Å². The summed E-state index contributed by atoms with van der Waals surface area (Å²) < 4.78 is 0. The van der Waals surface area contributed by atoms with Crippen LogP contribution in [0.15, 0.2) is 127 Å². The fourth-order valence-corrected chi connectivity index (χ4v) is 7.53. The van der Waals surface area contributed by atoms with Crippen molar-refractivity contribution >= 4 is 33.9 Å². The number of aryl methyl sites for hydroxylation is 1. The van der Waals surface area contributed by atoms with Gasteiger partial charge >= 0.3 is 0 Å². The van der Waals surface area contributed by atoms with E-state index >= 15 is 0 Å². The molecule has 45 heavy (non-hydrogen) atoms. The maximum absolute atomic E-state index is 3.84. The molecule has 1 aromatic heterocycles. The molecule has 0 atom stereocenters. The molecule has 0 saturated heterocycles. The van der Waals surface area contributed by atoms with Gasteiger partial charge in [0.2, 0.25) is 0 Å². The van der Waals surface area contributed by atoms with Crippen molar-refractivity contribution in [2.24, 2.45) is 0 Å². The van der Waals surface area contributed by atoms with Crippen LogP contribution in [-0.2, 0) is 12.8 Å². The summed E-state index contributed by atoms with van der Waals surface area (Å²) in [4.78, 5) is 3.84. The van der Waals surface area contributed by atoms with Crippen LogP contribution >= 0.6 is 0 Å². The highest BCUT2D eigenvalue weighted by molar-refractivity contribution is 6.06. The van der Waals surface area contributed by atoms with Gasteiger partial charge in [-0.3, -0.25) is 0 Å². The maximum Gasteiger partial charge on any atom is 0.0548 e. The highest BCUT2D eigenvalue weighted by Crippen LogP contribution is 2.44. The zero-order chi connectivity index (χ0) is 29.7. The van der Waals surface area contributed by atoms with Crippen molar-refractivity contribution in [2.45, 2.75) is 32.1 Å². The fraction of sp³-hybridized carbons (Fsp3) is 0.116. The van der Waals surface area contributed by atoms with E-state index in [0.29, 0.717) is 0 Å². The van der Waals surface area contributed by atoms with E-state index in [-0.39, 0.29) is 0 Å². The summed E-state index contributed by atoms with van der Waals surface area (Å²) in [5.41, 5.74) is 19.5. The number of aromatic amines is 1. The summed E-state index contributed by atoms with van der Waals surface area (Å²) in [5, 5.41) is 4.96. The molecule has 0 fully saturated rings. The maximum atomic E-state index is 3.84. The second kappa shape index (κ2) is 10.7. The van der Waals surface area contributed by atoms with Gasteiger partial charge in [0.1, 0.15) is 0 Å². The van der Waals surface area contributed by atoms with E-state index in [1.54, 1.807) is 0 Å². The van der Waals surface area contributed by atoms with Crippen LogP contribution < -0.4 is 5.32 Å². The Bertz CT molecular complexity index is 2190. The van der Waals surface area contributed by atoms with Crippen molar-refractivity contribution in [3.05, 3.63) is 155 Å². The second-order valence-corrected chi connectivity index (χ2v) is 12.5. The highest BCUT2D eigenvalue weighted by Gasteiger charge is 2.22. The van der Waals surface area contributed by atoms with Gasteiger partial charge in [-0.25, -0.2) is 0 Å². The average Bonchev–Trinajstić information content (AvgIpc) is 3.66. The minimum atomic E-state index is 0.944. The molecule has 0 amide bonds. The topological polar surface area (TPSA) is 27.8 Å². The van der Waals surface area contributed by atoms with Gasteiger partial charge in [-0.15, -0.1) is 0 Å². The lowest BCUT2D eigenvalue weighted by Gasteiger charge is -2.14. The molecular weight excluding hydrogens is 544 g/mol. The van der Waals surface area contributed by atoms with Crippen LogP contribution in [0, 0.1) is 0 Å². The van der Waals surface area contributed by atoms with Crippen LogP contribution in [0.1, 0.15) is 47.2 Å². The molecule has 216 valence electrons. The lowest BCUT2D eigenvalue weighted by Crippen LogP contribution is -1.93. The molecule has 2 N–H and O–H groups in total. The van der Waals surface area contributed by atoms with Crippen LogP contribution in [0.3, 0.4) is 0 Å². The fourth-order valence-electron chi connectivity index (χ4n) is 7.53. The molecule has 9 rings (SSSR count). The summed E-state index contributed by atoms with van der Waals surface area (Å²) in [7, 11) is 0. The number of H-pyrrole nitrogens is 1. The van der Waals surface area contributed by atoms with Gasteiger partial charge in [-0.05, 0) is 106 Å². The van der Waals surface area contributed by atoms with Crippen molar-refractivity contribution < 1.29 is 0 Å². The molecule has 3 aliphatic carbocycles. The first-order valence-corrected chi connectivity index (χ1v) is 16.2. The third kappa shape index (κ3) is 4.57. The first-order chi connectivity index (χ1) is 22.3. The Balaban J connectivity index is 1.04. The van der Waals surface area contributed by atoms with Crippen LogP contribution in [0.5, 0.6) is 0 Å². The number of aromatic nitrogens is 1. The Morgan fingerprint density at radius 3 is 2.20 bits per heavy atom. The lowest BCUT2D eigenvalue weighted by molar-refractivity contribution is 0.951. The molecule has 0 radical (unpaired) electrons. The zero-order valence-electron chi connectivity index (χ0n) is 25.2. The van der Waals surface area contributed by atoms with Crippen molar-refractivity contribution in [3.63, 3.8) is 0 Å². The van der Waals surface area contributed by atoms with Crippen molar-refractivity contribution in [2.75, 3.05) is 5.32 Å². The normalized spacial score (nSPS) is 14.6. The molecule has 5 aromatic carbocycles.